The number of esters is 1. The maximum absolute atomic E-state index is 14.3. The number of amides is 1. The highest BCUT2D eigenvalue weighted by Gasteiger charge is 2.14. The van der Waals surface area contributed by atoms with E-state index in [9.17, 15) is 18.4 Å². The second-order valence-corrected chi connectivity index (χ2v) is 6.37. The van der Waals surface area contributed by atoms with Crippen molar-refractivity contribution in [1.29, 1.82) is 0 Å². The van der Waals surface area contributed by atoms with Crippen LogP contribution in [0, 0.1) is 11.6 Å². The van der Waals surface area contributed by atoms with Gasteiger partial charge in [-0.2, -0.15) is 0 Å². The van der Waals surface area contributed by atoms with Gasteiger partial charge in [0.1, 0.15) is 11.6 Å². The van der Waals surface area contributed by atoms with E-state index in [2.05, 4.69) is 5.32 Å². The molecule has 0 unspecified atom stereocenters. The molecule has 0 atom stereocenters. The number of anilines is 1. The summed E-state index contributed by atoms with van der Waals surface area (Å²) in [6.07, 6.45) is 2.84. The van der Waals surface area contributed by atoms with Crippen LogP contribution in [-0.2, 0) is 9.53 Å². The van der Waals surface area contributed by atoms with Crippen molar-refractivity contribution in [2.24, 2.45) is 0 Å². The smallest absolute Gasteiger partial charge is 0.330 e. The number of nitrogens with one attached hydrogen (secondary N) is 1. The number of hydrogen-bond acceptors (Lipinski definition) is 3. The van der Waals surface area contributed by atoms with Gasteiger partial charge in [0.05, 0.1) is 12.2 Å². The lowest BCUT2D eigenvalue weighted by molar-refractivity contribution is -0.137. The van der Waals surface area contributed by atoms with Crippen molar-refractivity contribution in [1.82, 2.24) is 0 Å². The van der Waals surface area contributed by atoms with Crippen LogP contribution in [0.25, 0.3) is 17.2 Å². The van der Waals surface area contributed by atoms with Gasteiger partial charge in [-0.15, -0.1) is 0 Å². The van der Waals surface area contributed by atoms with Crippen molar-refractivity contribution in [3.63, 3.8) is 0 Å². The molecule has 4 nitrogen and oxygen atoms in total. The lowest BCUT2D eigenvalue weighted by atomic mass is 10.0. The fourth-order valence-electron chi connectivity index (χ4n) is 2.82. The van der Waals surface area contributed by atoms with Crippen LogP contribution in [0.5, 0.6) is 0 Å². The zero-order valence-electron chi connectivity index (χ0n) is 16.2. The van der Waals surface area contributed by atoms with Gasteiger partial charge in [0.2, 0.25) is 0 Å². The van der Waals surface area contributed by atoms with Gasteiger partial charge in [0.25, 0.3) is 5.91 Å². The van der Waals surface area contributed by atoms with Crippen molar-refractivity contribution < 1.29 is 23.1 Å². The molecule has 0 saturated heterocycles. The van der Waals surface area contributed by atoms with Crippen LogP contribution < -0.4 is 5.32 Å². The Kier molecular flexibility index (Phi) is 6.70. The highest BCUT2D eigenvalue weighted by atomic mass is 19.1. The summed E-state index contributed by atoms with van der Waals surface area (Å²) < 4.78 is 32.6. The van der Waals surface area contributed by atoms with Gasteiger partial charge in [-0.05, 0) is 66.1 Å². The van der Waals surface area contributed by atoms with Gasteiger partial charge in [0, 0.05) is 11.8 Å². The Bertz CT molecular complexity index is 1110. The van der Waals surface area contributed by atoms with Crippen LogP contribution in [0.2, 0.25) is 0 Å². The minimum Gasteiger partial charge on any atom is -0.463 e. The predicted molar refractivity (Wildman–Crippen MR) is 112 cm³/mol. The third-order valence-electron chi connectivity index (χ3n) is 4.21. The van der Waals surface area contributed by atoms with E-state index in [4.69, 9.17) is 4.74 Å². The summed E-state index contributed by atoms with van der Waals surface area (Å²) in [6.45, 7) is 1.99. The Morgan fingerprint density at radius 2 is 1.73 bits per heavy atom. The molecule has 0 aliphatic heterocycles. The van der Waals surface area contributed by atoms with Crippen LogP contribution in [0.15, 0.2) is 72.8 Å². The van der Waals surface area contributed by atoms with E-state index >= 15 is 0 Å². The molecule has 0 aromatic heterocycles. The molecule has 0 spiro atoms. The number of halogens is 2. The number of rotatable bonds is 6. The molecule has 30 heavy (non-hydrogen) atoms. The Labute approximate surface area is 172 Å². The van der Waals surface area contributed by atoms with Crippen molar-refractivity contribution in [2.75, 3.05) is 11.9 Å². The summed E-state index contributed by atoms with van der Waals surface area (Å²) in [5.41, 5.74) is 1.99. The molecule has 3 aromatic rings. The maximum atomic E-state index is 14.3. The molecule has 3 aromatic carbocycles. The topological polar surface area (TPSA) is 55.4 Å². The molecule has 0 radical (unpaired) electrons. The van der Waals surface area contributed by atoms with Crippen LogP contribution in [-0.4, -0.2) is 18.5 Å². The van der Waals surface area contributed by atoms with Crippen molar-refractivity contribution in [2.45, 2.75) is 6.92 Å². The van der Waals surface area contributed by atoms with Gasteiger partial charge in [-0.3, -0.25) is 4.79 Å². The molecule has 1 amide bonds. The van der Waals surface area contributed by atoms with E-state index in [0.717, 1.165) is 0 Å². The van der Waals surface area contributed by atoms with Gasteiger partial charge in [-0.25, -0.2) is 13.6 Å². The quantitative estimate of drug-likeness (QED) is 0.436. The molecule has 0 aliphatic rings. The first-order chi connectivity index (χ1) is 14.5. The molecule has 6 heteroatoms. The summed E-state index contributed by atoms with van der Waals surface area (Å²) in [6, 6.07) is 16.6. The standard InChI is InChI=1S/C24H19F2NO3/c1-2-30-23(28)12-9-16-5-3-8-20(13-16)27-24(29)21-15-18(10-11-22(21)26)17-6-4-7-19(25)14-17/h3-15H,2H2,1H3,(H,27,29). The largest absolute Gasteiger partial charge is 0.463 e. The fourth-order valence-corrected chi connectivity index (χ4v) is 2.82. The van der Waals surface area contributed by atoms with E-state index in [0.29, 0.717) is 22.4 Å². The van der Waals surface area contributed by atoms with E-state index in [-0.39, 0.29) is 12.2 Å². The average molecular weight is 407 g/mol. The summed E-state index contributed by atoms with van der Waals surface area (Å²) in [7, 11) is 0. The predicted octanol–water partition coefficient (Wildman–Crippen LogP) is 5.46. The molecular weight excluding hydrogens is 388 g/mol. The third-order valence-corrected chi connectivity index (χ3v) is 4.21. The Hall–Kier alpha value is -3.80. The number of hydrogen-bond donors (Lipinski definition) is 1. The third kappa shape index (κ3) is 5.38. The summed E-state index contributed by atoms with van der Waals surface area (Å²) in [4.78, 5) is 24.1. The Balaban J connectivity index is 1.80. The highest BCUT2D eigenvalue weighted by Crippen LogP contribution is 2.24. The second-order valence-electron chi connectivity index (χ2n) is 6.37. The minimum atomic E-state index is -0.689. The normalized spacial score (nSPS) is 10.8. The van der Waals surface area contributed by atoms with E-state index in [1.807, 2.05) is 0 Å². The lowest BCUT2D eigenvalue weighted by Crippen LogP contribution is -2.14. The monoisotopic (exact) mass is 407 g/mol. The number of carbonyl (C=O) groups excluding carboxylic acids is 2. The van der Waals surface area contributed by atoms with Crippen molar-refractivity contribution in [3.05, 3.63) is 95.6 Å². The molecule has 0 fully saturated rings. The first-order valence-corrected chi connectivity index (χ1v) is 9.28. The van der Waals surface area contributed by atoms with Crippen LogP contribution >= 0.6 is 0 Å². The van der Waals surface area contributed by atoms with Gasteiger partial charge in [-0.1, -0.05) is 30.3 Å². The van der Waals surface area contributed by atoms with Gasteiger partial charge >= 0.3 is 5.97 Å². The summed E-state index contributed by atoms with van der Waals surface area (Å²) >= 11 is 0. The minimum absolute atomic E-state index is 0.163. The average Bonchev–Trinajstić information content (AvgIpc) is 2.73. The molecule has 0 bridgehead atoms. The van der Waals surface area contributed by atoms with Gasteiger partial charge < -0.3 is 10.1 Å². The fraction of sp³-hybridized carbons (Fsp3) is 0.0833. The van der Waals surface area contributed by atoms with Crippen LogP contribution in [0.4, 0.5) is 14.5 Å². The molecule has 3 rings (SSSR count). The highest BCUT2D eigenvalue weighted by molar-refractivity contribution is 6.05. The number of carbonyl (C=O) groups is 2. The summed E-state index contributed by atoms with van der Waals surface area (Å²) in [5.74, 6) is -2.22. The van der Waals surface area contributed by atoms with Crippen molar-refractivity contribution >= 4 is 23.6 Å². The SMILES string of the molecule is CCOC(=O)C=Cc1cccc(NC(=O)c2cc(-c3cccc(F)c3)ccc2F)c1. The molecule has 0 saturated carbocycles. The molecule has 0 aliphatic carbocycles. The van der Waals surface area contributed by atoms with E-state index in [1.54, 1.807) is 49.4 Å². The van der Waals surface area contributed by atoms with E-state index in [1.165, 1.54) is 36.4 Å². The van der Waals surface area contributed by atoms with E-state index < -0.39 is 23.5 Å². The zero-order valence-corrected chi connectivity index (χ0v) is 16.2. The zero-order chi connectivity index (χ0) is 21.5. The number of benzene rings is 3. The van der Waals surface area contributed by atoms with Gasteiger partial charge in [0.15, 0.2) is 0 Å². The second kappa shape index (κ2) is 9.60. The first kappa shape index (κ1) is 20.9. The first-order valence-electron chi connectivity index (χ1n) is 9.28. The Morgan fingerprint density at radius 3 is 2.50 bits per heavy atom. The van der Waals surface area contributed by atoms with Crippen LogP contribution in [0.1, 0.15) is 22.8 Å². The van der Waals surface area contributed by atoms with Crippen molar-refractivity contribution in [3.8, 4) is 11.1 Å². The Morgan fingerprint density at radius 1 is 0.967 bits per heavy atom. The molecule has 1 N–H and O–H groups in total. The molecule has 152 valence electrons. The maximum Gasteiger partial charge on any atom is 0.330 e. The molecule has 0 heterocycles. The summed E-state index contributed by atoms with van der Waals surface area (Å²) in [5, 5.41) is 2.64. The number of ether oxygens (including phenoxy) is 1. The molecular formula is C24H19F2NO3. The lowest BCUT2D eigenvalue weighted by Gasteiger charge is -2.09. The van der Waals surface area contributed by atoms with Crippen LogP contribution in [0.3, 0.4) is 0 Å².